The van der Waals surface area contributed by atoms with Crippen LogP contribution >= 0.6 is 0 Å². The molecule has 2 rings (SSSR count). The third-order valence-electron chi connectivity index (χ3n) is 5.14. The molecule has 1 aromatic carbocycles. The quantitative estimate of drug-likeness (QED) is 0.374. The molecule has 1 fully saturated rings. The molecule has 1 saturated heterocycles. The third-order valence-corrected chi connectivity index (χ3v) is 6.89. The molecule has 0 N–H and O–H groups in total. The van der Waals surface area contributed by atoms with Gasteiger partial charge < -0.3 is 19.1 Å². The number of rotatable bonds is 11. The number of esters is 1. The molecule has 2 atom stereocenters. The average molecular weight is 456 g/mol. The largest absolute Gasteiger partial charge is 0.490 e. The van der Waals surface area contributed by atoms with E-state index in [-0.39, 0.29) is 23.1 Å². The van der Waals surface area contributed by atoms with Crippen LogP contribution in [0.4, 0.5) is 0 Å². The summed E-state index contributed by atoms with van der Waals surface area (Å²) >= 11 is 0. The molecule has 1 aliphatic rings. The van der Waals surface area contributed by atoms with Gasteiger partial charge in [-0.05, 0) is 51.8 Å². The lowest BCUT2D eigenvalue weighted by Gasteiger charge is -2.29. The third kappa shape index (κ3) is 6.85. The number of likely N-dealkylation sites (N-methyl/N-ethyl adjacent to an activating group) is 1. The molecule has 0 saturated carbocycles. The van der Waals surface area contributed by atoms with Gasteiger partial charge in [-0.3, -0.25) is 4.79 Å². The molecule has 0 spiro atoms. The zero-order chi connectivity index (χ0) is 23.0. The Morgan fingerprint density at radius 3 is 2.48 bits per heavy atom. The van der Waals surface area contributed by atoms with Crippen molar-refractivity contribution in [3.63, 3.8) is 0 Å². The molecule has 1 heterocycles. The Balaban J connectivity index is 2.07. The minimum Gasteiger partial charge on any atom is -0.490 e. The number of unbranched alkanes of at least 4 members (excludes halogenated alkanes) is 1. The second-order valence-corrected chi connectivity index (χ2v) is 9.75. The highest BCUT2D eigenvalue weighted by Crippen LogP contribution is 2.29. The van der Waals surface area contributed by atoms with Crippen LogP contribution in [-0.4, -0.2) is 68.6 Å². The van der Waals surface area contributed by atoms with Crippen LogP contribution in [0.15, 0.2) is 18.2 Å². The Morgan fingerprint density at radius 1 is 1.16 bits per heavy atom. The van der Waals surface area contributed by atoms with E-state index in [4.69, 9.17) is 14.2 Å². The summed E-state index contributed by atoms with van der Waals surface area (Å²) in [5.41, 5.74) is 0.248. The molecule has 0 aromatic heterocycles. The summed E-state index contributed by atoms with van der Waals surface area (Å²) in [6.07, 6.45) is 1.28. The van der Waals surface area contributed by atoms with Gasteiger partial charge in [-0.25, -0.2) is 13.2 Å². The number of nitrogens with zero attached hydrogens (tertiary/aromatic N) is 1. The maximum Gasteiger partial charge on any atom is 0.339 e. The minimum atomic E-state index is -3.13. The molecule has 0 radical (unpaired) electrons. The fraction of sp³-hybridized carbons (Fsp3) is 0.636. The van der Waals surface area contributed by atoms with Gasteiger partial charge in [-0.1, -0.05) is 13.3 Å². The monoisotopic (exact) mass is 455 g/mol. The first-order chi connectivity index (χ1) is 14.7. The highest BCUT2D eigenvalue weighted by atomic mass is 32.2. The summed E-state index contributed by atoms with van der Waals surface area (Å²) in [7, 11) is -3.13. The molecule has 174 valence electrons. The van der Waals surface area contributed by atoms with Crippen LogP contribution in [0.2, 0.25) is 0 Å². The normalized spacial score (nSPS) is 18.3. The second kappa shape index (κ2) is 11.4. The standard InChI is InChI=1S/C22H33NO7S/c1-5-8-12-29-19-10-9-17(14-20(19)28-7-3)22(25)30-16(4)21(24)23(6-2)18-11-13-31(26,27)15-18/h9-10,14,16,18H,5-8,11-13,15H2,1-4H3. The minimum absolute atomic E-state index is 0.0511. The predicted octanol–water partition coefficient (Wildman–Crippen LogP) is 2.85. The number of amides is 1. The Hall–Kier alpha value is -2.29. The fourth-order valence-electron chi connectivity index (χ4n) is 3.48. The molecular formula is C22H33NO7S. The van der Waals surface area contributed by atoms with E-state index in [0.29, 0.717) is 37.7 Å². The maximum absolute atomic E-state index is 12.8. The summed E-state index contributed by atoms with van der Waals surface area (Å²) in [6, 6.07) is 4.40. The number of hydrogen-bond acceptors (Lipinski definition) is 7. The van der Waals surface area contributed by atoms with Crippen molar-refractivity contribution in [1.82, 2.24) is 4.90 Å². The number of carbonyl (C=O) groups excluding carboxylic acids is 2. The summed E-state index contributed by atoms with van der Waals surface area (Å²) in [6.45, 7) is 8.49. The van der Waals surface area contributed by atoms with Gasteiger partial charge in [0, 0.05) is 12.6 Å². The van der Waals surface area contributed by atoms with Crippen molar-refractivity contribution < 1.29 is 32.2 Å². The lowest BCUT2D eigenvalue weighted by atomic mass is 10.2. The molecule has 0 aliphatic carbocycles. The van der Waals surface area contributed by atoms with Crippen molar-refractivity contribution in [2.45, 2.75) is 59.1 Å². The van der Waals surface area contributed by atoms with Gasteiger partial charge in [-0.15, -0.1) is 0 Å². The first-order valence-corrected chi connectivity index (χ1v) is 12.7. The lowest BCUT2D eigenvalue weighted by Crippen LogP contribution is -2.46. The Bertz CT molecular complexity index is 869. The van der Waals surface area contributed by atoms with Gasteiger partial charge in [-0.2, -0.15) is 0 Å². The van der Waals surface area contributed by atoms with Crippen LogP contribution in [0, 0.1) is 0 Å². The number of sulfone groups is 1. The van der Waals surface area contributed by atoms with Gasteiger partial charge in [0.15, 0.2) is 27.4 Å². The molecule has 9 heteroatoms. The van der Waals surface area contributed by atoms with Gasteiger partial charge >= 0.3 is 5.97 Å². The van der Waals surface area contributed by atoms with E-state index in [2.05, 4.69) is 6.92 Å². The van der Waals surface area contributed by atoms with Crippen molar-refractivity contribution >= 4 is 21.7 Å². The zero-order valence-electron chi connectivity index (χ0n) is 18.8. The molecular weight excluding hydrogens is 422 g/mol. The van der Waals surface area contributed by atoms with E-state index in [0.717, 1.165) is 12.8 Å². The Labute approximate surface area is 184 Å². The highest BCUT2D eigenvalue weighted by Gasteiger charge is 2.36. The first-order valence-electron chi connectivity index (χ1n) is 10.8. The second-order valence-electron chi connectivity index (χ2n) is 7.53. The van der Waals surface area contributed by atoms with Crippen LogP contribution in [-0.2, 0) is 19.4 Å². The Morgan fingerprint density at radius 2 is 1.90 bits per heavy atom. The molecule has 0 bridgehead atoms. The smallest absolute Gasteiger partial charge is 0.339 e. The van der Waals surface area contributed by atoms with E-state index in [1.807, 2.05) is 6.92 Å². The average Bonchev–Trinajstić information content (AvgIpc) is 3.09. The summed E-state index contributed by atoms with van der Waals surface area (Å²) in [4.78, 5) is 26.9. The van der Waals surface area contributed by atoms with Gasteiger partial charge in [0.1, 0.15) is 0 Å². The van der Waals surface area contributed by atoms with Crippen LogP contribution < -0.4 is 9.47 Å². The van der Waals surface area contributed by atoms with Crippen LogP contribution in [0.1, 0.15) is 57.3 Å². The van der Waals surface area contributed by atoms with E-state index in [1.165, 1.54) is 11.8 Å². The molecule has 2 unspecified atom stereocenters. The zero-order valence-corrected chi connectivity index (χ0v) is 19.6. The summed E-state index contributed by atoms with van der Waals surface area (Å²) < 4.78 is 40.2. The van der Waals surface area contributed by atoms with Crippen molar-refractivity contribution in [3.05, 3.63) is 23.8 Å². The topological polar surface area (TPSA) is 99.2 Å². The number of carbonyl (C=O) groups is 2. The predicted molar refractivity (Wildman–Crippen MR) is 117 cm³/mol. The van der Waals surface area contributed by atoms with Crippen molar-refractivity contribution in [2.24, 2.45) is 0 Å². The molecule has 31 heavy (non-hydrogen) atoms. The van der Waals surface area contributed by atoms with Crippen molar-refractivity contribution in [2.75, 3.05) is 31.3 Å². The number of benzene rings is 1. The van der Waals surface area contributed by atoms with E-state index in [1.54, 1.807) is 25.1 Å². The van der Waals surface area contributed by atoms with Crippen LogP contribution in [0.25, 0.3) is 0 Å². The van der Waals surface area contributed by atoms with Crippen LogP contribution in [0.5, 0.6) is 11.5 Å². The van der Waals surface area contributed by atoms with Crippen molar-refractivity contribution in [3.8, 4) is 11.5 Å². The van der Waals surface area contributed by atoms with E-state index < -0.39 is 27.8 Å². The lowest BCUT2D eigenvalue weighted by molar-refractivity contribution is -0.141. The van der Waals surface area contributed by atoms with E-state index >= 15 is 0 Å². The summed E-state index contributed by atoms with van der Waals surface area (Å²) in [5, 5.41) is 0. The molecule has 1 amide bonds. The van der Waals surface area contributed by atoms with Gasteiger partial charge in [0.25, 0.3) is 5.91 Å². The fourth-order valence-corrected chi connectivity index (χ4v) is 5.21. The molecule has 8 nitrogen and oxygen atoms in total. The van der Waals surface area contributed by atoms with Crippen molar-refractivity contribution in [1.29, 1.82) is 0 Å². The number of hydrogen-bond donors (Lipinski definition) is 0. The van der Waals surface area contributed by atoms with E-state index in [9.17, 15) is 18.0 Å². The maximum atomic E-state index is 12.8. The first kappa shape index (κ1) is 25.0. The number of ether oxygens (including phenoxy) is 3. The highest BCUT2D eigenvalue weighted by molar-refractivity contribution is 7.91. The van der Waals surface area contributed by atoms with Gasteiger partial charge in [0.2, 0.25) is 0 Å². The van der Waals surface area contributed by atoms with Gasteiger partial charge in [0.05, 0.1) is 30.3 Å². The SMILES string of the molecule is CCCCOc1ccc(C(=O)OC(C)C(=O)N(CC)C2CCS(=O)(=O)C2)cc1OCC. The van der Waals surface area contributed by atoms with Crippen LogP contribution in [0.3, 0.4) is 0 Å². The molecule has 1 aliphatic heterocycles. The Kier molecular flexibility index (Phi) is 9.15. The molecule has 1 aromatic rings. The summed E-state index contributed by atoms with van der Waals surface area (Å²) in [5.74, 6) is -0.0408.